The predicted octanol–water partition coefficient (Wildman–Crippen LogP) is 0.847. The summed E-state index contributed by atoms with van der Waals surface area (Å²) in [6.45, 7) is 5.00. The first-order valence-electron chi connectivity index (χ1n) is 8.50. The number of likely N-dealkylation sites (tertiary alicyclic amines) is 2. The van der Waals surface area contributed by atoms with Crippen molar-refractivity contribution in [2.75, 3.05) is 39.3 Å². The molecule has 21 heavy (non-hydrogen) atoms. The number of nitrogens with one attached hydrogen (secondary N) is 1. The Hall–Kier alpha value is -1.10. The van der Waals surface area contributed by atoms with Gasteiger partial charge in [-0.2, -0.15) is 0 Å². The molecule has 5 heteroatoms. The number of carbonyl (C=O) groups is 2. The minimum Gasteiger partial charge on any atom is -0.341 e. The van der Waals surface area contributed by atoms with Gasteiger partial charge in [-0.15, -0.1) is 0 Å². The van der Waals surface area contributed by atoms with Crippen molar-refractivity contribution >= 4 is 11.8 Å². The fraction of sp³-hybridized carbons (Fsp3) is 0.875. The summed E-state index contributed by atoms with van der Waals surface area (Å²) in [4.78, 5) is 28.3. The van der Waals surface area contributed by atoms with E-state index in [1.807, 2.05) is 4.90 Å². The molecule has 3 rings (SSSR count). The number of rotatable bonds is 2. The lowest BCUT2D eigenvalue weighted by Gasteiger charge is -2.26. The molecule has 3 aliphatic rings. The van der Waals surface area contributed by atoms with Crippen molar-refractivity contribution in [2.45, 2.75) is 38.5 Å². The fourth-order valence-electron chi connectivity index (χ4n) is 3.94. The smallest absolute Gasteiger partial charge is 0.242 e. The molecule has 0 aromatic rings. The molecule has 0 spiro atoms. The number of fused-ring (bicyclic) bond motifs is 1. The fourth-order valence-corrected chi connectivity index (χ4v) is 3.94. The van der Waals surface area contributed by atoms with E-state index < -0.39 is 0 Å². The van der Waals surface area contributed by atoms with Gasteiger partial charge in [-0.3, -0.25) is 9.59 Å². The van der Waals surface area contributed by atoms with Gasteiger partial charge >= 0.3 is 0 Å². The van der Waals surface area contributed by atoms with Gasteiger partial charge in [-0.05, 0) is 50.6 Å². The number of carbonyl (C=O) groups excluding carboxylic acids is 2. The molecule has 0 saturated carbocycles. The minimum absolute atomic E-state index is 0.151. The van der Waals surface area contributed by atoms with Gasteiger partial charge in [0.15, 0.2) is 0 Å². The molecule has 0 bridgehead atoms. The molecule has 3 fully saturated rings. The zero-order valence-electron chi connectivity index (χ0n) is 12.9. The van der Waals surface area contributed by atoms with Crippen molar-refractivity contribution in [3.05, 3.63) is 0 Å². The van der Waals surface area contributed by atoms with Crippen LogP contribution in [0.5, 0.6) is 0 Å². The molecule has 0 aromatic carbocycles. The van der Waals surface area contributed by atoms with E-state index in [9.17, 15) is 9.59 Å². The van der Waals surface area contributed by atoms with Crippen LogP contribution in [0.25, 0.3) is 0 Å². The molecule has 118 valence electrons. The van der Waals surface area contributed by atoms with Gasteiger partial charge in [-0.25, -0.2) is 0 Å². The van der Waals surface area contributed by atoms with E-state index in [0.29, 0.717) is 13.0 Å². The Bertz CT molecular complexity index is 385. The van der Waals surface area contributed by atoms with Gasteiger partial charge in [0.1, 0.15) is 0 Å². The zero-order chi connectivity index (χ0) is 14.7. The number of hydrogen-bond acceptors (Lipinski definition) is 3. The van der Waals surface area contributed by atoms with E-state index in [2.05, 4.69) is 5.32 Å². The van der Waals surface area contributed by atoms with Crippen LogP contribution >= 0.6 is 0 Å². The molecular weight excluding hydrogens is 266 g/mol. The van der Waals surface area contributed by atoms with Crippen LogP contribution in [-0.4, -0.2) is 60.9 Å². The maximum Gasteiger partial charge on any atom is 0.242 e. The number of amides is 2. The third kappa shape index (κ3) is 3.57. The molecule has 3 aliphatic heterocycles. The Morgan fingerprint density at radius 3 is 2.48 bits per heavy atom. The van der Waals surface area contributed by atoms with Crippen molar-refractivity contribution in [1.29, 1.82) is 0 Å². The first-order valence-corrected chi connectivity index (χ1v) is 8.50. The molecule has 2 atom stereocenters. The van der Waals surface area contributed by atoms with Gasteiger partial charge in [0.25, 0.3) is 0 Å². The average Bonchev–Trinajstić information content (AvgIpc) is 2.70. The molecule has 0 radical (unpaired) electrons. The summed E-state index contributed by atoms with van der Waals surface area (Å²) in [5.74, 6) is 1.79. The minimum atomic E-state index is 0.151. The van der Waals surface area contributed by atoms with Gasteiger partial charge in [-0.1, -0.05) is 6.42 Å². The Morgan fingerprint density at radius 1 is 1.05 bits per heavy atom. The lowest BCUT2D eigenvalue weighted by molar-refractivity contribution is -0.140. The summed E-state index contributed by atoms with van der Waals surface area (Å²) in [7, 11) is 0. The van der Waals surface area contributed by atoms with E-state index in [-0.39, 0.29) is 11.8 Å². The summed E-state index contributed by atoms with van der Waals surface area (Å²) in [5.41, 5.74) is 0. The third-order valence-electron chi connectivity index (χ3n) is 5.37. The molecule has 5 nitrogen and oxygen atoms in total. The van der Waals surface area contributed by atoms with Gasteiger partial charge < -0.3 is 15.1 Å². The normalized spacial score (nSPS) is 30.8. The predicted molar refractivity (Wildman–Crippen MR) is 80.7 cm³/mol. The van der Waals surface area contributed by atoms with Crippen LogP contribution in [0.15, 0.2) is 0 Å². The highest BCUT2D eigenvalue weighted by molar-refractivity contribution is 5.85. The third-order valence-corrected chi connectivity index (χ3v) is 5.37. The van der Waals surface area contributed by atoms with E-state index in [4.69, 9.17) is 0 Å². The maximum atomic E-state index is 12.5. The number of hydrogen-bond donors (Lipinski definition) is 1. The van der Waals surface area contributed by atoms with E-state index in [0.717, 1.165) is 76.7 Å². The maximum absolute atomic E-state index is 12.5. The quantitative estimate of drug-likeness (QED) is 0.821. The van der Waals surface area contributed by atoms with Crippen LogP contribution in [0.1, 0.15) is 38.5 Å². The van der Waals surface area contributed by atoms with Crippen molar-refractivity contribution < 1.29 is 9.59 Å². The van der Waals surface area contributed by atoms with Gasteiger partial charge in [0.05, 0.1) is 6.54 Å². The van der Waals surface area contributed by atoms with Crippen molar-refractivity contribution in [1.82, 2.24) is 15.1 Å². The van der Waals surface area contributed by atoms with E-state index >= 15 is 0 Å². The van der Waals surface area contributed by atoms with Crippen molar-refractivity contribution in [3.63, 3.8) is 0 Å². The van der Waals surface area contributed by atoms with Crippen LogP contribution < -0.4 is 5.32 Å². The zero-order valence-corrected chi connectivity index (χ0v) is 12.9. The summed E-state index contributed by atoms with van der Waals surface area (Å²) in [6, 6.07) is 0. The van der Waals surface area contributed by atoms with Crippen LogP contribution in [0.2, 0.25) is 0 Å². The van der Waals surface area contributed by atoms with Crippen molar-refractivity contribution in [3.8, 4) is 0 Å². The molecule has 3 heterocycles. The molecule has 0 unspecified atom stereocenters. The molecule has 2 amide bonds. The summed E-state index contributed by atoms with van der Waals surface area (Å²) in [6.07, 6.45) is 5.95. The second-order valence-corrected chi connectivity index (χ2v) is 6.76. The molecule has 0 aliphatic carbocycles. The Balaban J connectivity index is 1.53. The van der Waals surface area contributed by atoms with Crippen LogP contribution in [0.4, 0.5) is 0 Å². The molecule has 0 aromatic heterocycles. The van der Waals surface area contributed by atoms with Gasteiger partial charge in [0, 0.05) is 26.1 Å². The summed E-state index contributed by atoms with van der Waals surface area (Å²) >= 11 is 0. The Morgan fingerprint density at radius 2 is 1.76 bits per heavy atom. The molecular formula is C16H27N3O2. The lowest BCUT2D eigenvalue weighted by atomic mass is 9.92. The topological polar surface area (TPSA) is 52.7 Å². The van der Waals surface area contributed by atoms with Crippen LogP contribution in [0, 0.1) is 11.8 Å². The van der Waals surface area contributed by atoms with E-state index in [1.165, 1.54) is 0 Å². The van der Waals surface area contributed by atoms with E-state index in [1.54, 1.807) is 4.90 Å². The lowest BCUT2D eigenvalue weighted by Crippen LogP contribution is -2.43. The van der Waals surface area contributed by atoms with Gasteiger partial charge in [0.2, 0.25) is 11.8 Å². The average molecular weight is 293 g/mol. The van der Waals surface area contributed by atoms with Crippen LogP contribution in [-0.2, 0) is 9.59 Å². The second kappa shape index (κ2) is 6.77. The largest absolute Gasteiger partial charge is 0.341 e. The first kappa shape index (κ1) is 14.8. The van der Waals surface area contributed by atoms with Crippen LogP contribution in [0.3, 0.4) is 0 Å². The second-order valence-electron chi connectivity index (χ2n) is 6.76. The standard InChI is InChI=1S/C16H27N3O2/c20-15-4-2-1-3-7-19(15)12-16(21)18-8-5-13-10-17-11-14(13)6-9-18/h13-14,17H,1-12H2/t13-,14+. The molecule has 3 saturated heterocycles. The highest BCUT2D eigenvalue weighted by Crippen LogP contribution is 2.27. The Labute approximate surface area is 127 Å². The van der Waals surface area contributed by atoms with Crippen molar-refractivity contribution in [2.24, 2.45) is 11.8 Å². The Kier molecular flexibility index (Phi) is 4.78. The molecule has 1 N–H and O–H groups in total. The highest BCUT2D eigenvalue weighted by Gasteiger charge is 2.32. The summed E-state index contributed by atoms with van der Waals surface area (Å²) < 4.78 is 0. The first-order chi connectivity index (χ1) is 10.2. The summed E-state index contributed by atoms with van der Waals surface area (Å²) in [5, 5.41) is 3.46. The monoisotopic (exact) mass is 293 g/mol. The number of nitrogens with zero attached hydrogens (tertiary/aromatic N) is 2. The SMILES string of the molecule is O=C(CN1CCCCCC1=O)N1CC[C@@H]2CNC[C@@H]2CC1. The highest BCUT2D eigenvalue weighted by atomic mass is 16.2.